The van der Waals surface area contributed by atoms with Gasteiger partial charge in [-0.15, -0.1) is 0 Å². The summed E-state index contributed by atoms with van der Waals surface area (Å²) in [5, 5.41) is 7.64. The molecule has 0 radical (unpaired) electrons. The van der Waals surface area contributed by atoms with Crippen LogP contribution in [0.2, 0.25) is 0 Å². The summed E-state index contributed by atoms with van der Waals surface area (Å²) in [5.41, 5.74) is 0. The van der Waals surface area contributed by atoms with Crippen LogP contribution in [0.5, 0.6) is 0 Å². The van der Waals surface area contributed by atoms with Gasteiger partial charge in [0, 0.05) is 13.2 Å². The van der Waals surface area contributed by atoms with Crippen molar-refractivity contribution in [2.45, 2.75) is 33.0 Å². The lowest BCUT2D eigenvalue weighted by molar-refractivity contribution is 0.0225. The molecular weight excluding hydrogens is 260 g/mol. The number of hydrogen-bond acceptors (Lipinski definition) is 6. The van der Waals surface area contributed by atoms with Crippen molar-refractivity contribution in [2.24, 2.45) is 0 Å². The van der Waals surface area contributed by atoms with Gasteiger partial charge in [-0.1, -0.05) is 13.8 Å². The molecule has 0 aliphatic heterocycles. The van der Waals surface area contributed by atoms with Gasteiger partial charge in [0.15, 0.2) is 5.82 Å². The molecule has 0 bridgehead atoms. The van der Waals surface area contributed by atoms with Crippen LogP contribution in [0.25, 0.3) is 0 Å². The van der Waals surface area contributed by atoms with E-state index in [1.54, 1.807) is 18.1 Å². The van der Waals surface area contributed by atoms with E-state index in [4.69, 9.17) is 14.2 Å². The van der Waals surface area contributed by atoms with Crippen LogP contribution in [-0.2, 0) is 27.3 Å². The largest absolute Gasteiger partial charge is 0.382 e. The molecule has 0 unspecified atom stereocenters. The molecule has 0 aliphatic carbocycles. The van der Waals surface area contributed by atoms with Crippen LogP contribution in [-0.4, -0.2) is 61.0 Å². The zero-order chi connectivity index (χ0) is 14.6. The maximum atomic E-state index is 5.46. The van der Waals surface area contributed by atoms with Crippen molar-refractivity contribution in [3.63, 3.8) is 0 Å². The van der Waals surface area contributed by atoms with E-state index in [1.165, 1.54) is 0 Å². The van der Waals surface area contributed by atoms with Gasteiger partial charge in [-0.05, 0) is 0 Å². The molecule has 0 saturated carbocycles. The Balaban J connectivity index is 2.01. The van der Waals surface area contributed by atoms with E-state index in [0.29, 0.717) is 52.2 Å². The van der Waals surface area contributed by atoms with Gasteiger partial charge in [0.1, 0.15) is 6.33 Å². The van der Waals surface area contributed by atoms with Gasteiger partial charge in [0.05, 0.1) is 46.1 Å². The van der Waals surface area contributed by atoms with E-state index >= 15 is 0 Å². The molecular formula is C13H26N4O3. The molecule has 0 aromatic carbocycles. The fourth-order valence-electron chi connectivity index (χ4n) is 1.44. The Morgan fingerprint density at radius 3 is 2.55 bits per heavy atom. The number of hydrogen-bond donors (Lipinski definition) is 1. The fourth-order valence-corrected chi connectivity index (χ4v) is 1.44. The lowest BCUT2D eigenvalue weighted by Gasteiger charge is -2.05. The van der Waals surface area contributed by atoms with Crippen LogP contribution in [0, 0.1) is 0 Å². The van der Waals surface area contributed by atoms with E-state index < -0.39 is 0 Å². The summed E-state index contributed by atoms with van der Waals surface area (Å²) in [6.07, 6.45) is 1.73. The maximum Gasteiger partial charge on any atom is 0.164 e. The average molecular weight is 286 g/mol. The fraction of sp³-hybridized carbons (Fsp3) is 0.846. The minimum atomic E-state index is 0.434. The Morgan fingerprint density at radius 1 is 1.15 bits per heavy atom. The van der Waals surface area contributed by atoms with Crippen LogP contribution in [0.3, 0.4) is 0 Å². The second-order valence-electron chi connectivity index (χ2n) is 4.68. The standard InChI is InChI=1S/C13H26N4O3/c1-12(2)14-10-13-15-11-17(16-13)4-5-19-8-9-20-7-6-18-3/h11-12,14H,4-10H2,1-3H3. The van der Waals surface area contributed by atoms with Crippen molar-refractivity contribution in [3.8, 4) is 0 Å². The third-order valence-electron chi connectivity index (χ3n) is 2.52. The average Bonchev–Trinajstić information content (AvgIpc) is 2.87. The highest BCUT2D eigenvalue weighted by Gasteiger charge is 2.01. The number of ether oxygens (including phenoxy) is 3. The second kappa shape index (κ2) is 10.7. The molecule has 0 spiro atoms. The first-order chi connectivity index (χ1) is 9.72. The first-order valence-electron chi connectivity index (χ1n) is 6.98. The van der Waals surface area contributed by atoms with Gasteiger partial charge in [-0.3, -0.25) is 4.68 Å². The Bertz CT molecular complexity index is 344. The summed E-state index contributed by atoms with van der Waals surface area (Å²) in [6, 6.07) is 0.434. The van der Waals surface area contributed by atoms with Crippen LogP contribution in [0.15, 0.2) is 6.33 Å². The van der Waals surface area contributed by atoms with Gasteiger partial charge in [-0.2, -0.15) is 5.10 Å². The number of aromatic nitrogens is 3. The van der Waals surface area contributed by atoms with Gasteiger partial charge in [0.25, 0.3) is 0 Å². The van der Waals surface area contributed by atoms with Gasteiger partial charge >= 0.3 is 0 Å². The molecule has 0 amide bonds. The number of nitrogens with one attached hydrogen (secondary N) is 1. The predicted octanol–water partition coefficient (Wildman–Crippen LogP) is 0.456. The number of methoxy groups -OCH3 is 1. The quantitative estimate of drug-likeness (QED) is 0.563. The summed E-state index contributed by atoms with van der Waals surface area (Å²) in [7, 11) is 1.66. The van der Waals surface area contributed by atoms with Crippen molar-refractivity contribution in [1.82, 2.24) is 20.1 Å². The predicted molar refractivity (Wildman–Crippen MR) is 75.5 cm³/mol. The van der Waals surface area contributed by atoms with Crippen molar-refractivity contribution in [2.75, 3.05) is 40.1 Å². The van der Waals surface area contributed by atoms with Crippen molar-refractivity contribution in [1.29, 1.82) is 0 Å². The lowest BCUT2D eigenvalue weighted by Crippen LogP contribution is -2.22. The Morgan fingerprint density at radius 2 is 1.85 bits per heavy atom. The molecule has 1 aromatic rings. The van der Waals surface area contributed by atoms with Gasteiger partial charge in [-0.25, -0.2) is 4.98 Å². The van der Waals surface area contributed by atoms with Crippen LogP contribution < -0.4 is 5.32 Å². The summed E-state index contributed by atoms with van der Waals surface area (Å²) in [4.78, 5) is 4.23. The highest BCUT2D eigenvalue weighted by Crippen LogP contribution is 1.92. The monoisotopic (exact) mass is 286 g/mol. The highest BCUT2D eigenvalue weighted by atomic mass is 16.5. The molecule has 1 N–H and O–H groups in total. The molecule has 0 saturated heterocycles. The van der Waals surface area contributed by atoms with E-state index in [0.717, 1.165) is 5.82 Å². The highest BCUT2D eigenvalue weighted by molar-refractivity contribution is 4.81. The Kier molecular flexibility index (Phi) is 9.14. The molecule has 1 aromatic heterocycles. The maximum absolute atomic E-state index is 5.46. The zero-order valence-corrected chi connectivity index (χ0v) is 12.7. The minimum absolute atomic E-state index is 0.434. The summed E-state index contributed by atoms with van der Waals surface area (Å²) in [6.45, 7) is 8.59. The first kappa shape index (κ1) is 17.0. The third kappa shape index (κ3) is 8.21. The first-order valence-corrected chi connectivity index (χ1v) is 6.98. The molecule has 116 valence electrons. The molecule has 7 heteroatoms. The molecule has 1 rings (SSSR count). The summed E-state index contributed by atoms with van der Waals surface area (Å²) in [5.74, 6) is 0.807. The molecule has 0 atom stereocenters. The molecule has 0 aliphatic rings. The molecule has 0 fully saturated rings. The van der Waals surface area contributed by atoms with Crippen molar-refractivity contribution < 1.29 is 14.2 Å². The number of rotatable bonds is 12. The van der Waals surface area contributed by atoms with E-state index in [-0.39, 0.29) is 0 Å². The van der Waals surface area contributed by atoms with E-state index in [9.17, 15) is 0 Å². The Hall–Kier alpha value is -1.02. The van der Waals surface area contributed by atoms with Gasteiger partial charge in [0.2, 0.25) is 0 Å². The van der Waals surface area contributed by atoms with E-state index in [1.807, 2.05) is 0 Å². The van der Waals surface area contributed by atoms with Crippen LogP contribution in [0.1, 0.15) is 19.7 Å². The molecule has 7 nitrogen and oxygen atoms in total. The zero-order valence-electron chi connectivity index (χ0n) is 12.7. The van der Waals surface area contributed by atoms with Crippen molar-refractivity contribution in [3.05, 3.63) is 12.2 Å². The lowest BCUT2D eigenvalue weighted by atomic mass is 10.4. The summed E-state index contributed by atoms with van der Waals surface area (Å²) < 4.78 is 17.4. The summed E-state index contributed by atoms with van der Waals surface area (Å²) >= 11 is 0. The minimum Gasteiger partial charge on any atom is -0.382 e. The molecule has 20 heavy (non-hydrogen) atoms. The van der Waals surface area contributed by atoms with Crippen molar-refractivity contribution >= 4 is 0 Å². The Labute approximate surface area is 120 Å². The smallest absolute Gasteiger partial charge is 0.164 e. The SMILES string of the molecule is COCCOCCOCCn1cnc(CNC(C)C)n1. The van der Waals surface area contributed by atoms with Gasteiger partial charge < -0.3 is 19.5 Å². The second-order valence-corrected chi connectivity index (χ2v) is 4.68. The topological polar surface area (TPSA) is 70.4 Å². The third-order valence-corrected chi connectivity index (χ3v) is 2.52. The molecule has 1 heterocycles. The van der Waals surface area contributed by atoms with Crippen LogP contribution >= 0.6 is 0 Å². The van der Waals surface area contributed by atoms with E-state index in [2.05, 4.69) is 29.2 Å². The van der Waals surface area contributed by atoms with Crippen LogP contribution in [0.4, 0.5) is 0 Å². The number of nitrogens with zero attached hydrogens (tertiary/aromatic N) is 3. The normalized spacial score (nSPS) is 11.4.